The number of guanidine groups is 1. The molecule has 2 aromatic rings. The van der Waals surface area contributed by atoms with Gasteiger partial charge in [-0.3, -0.25) is 4.99 Å². The summed E-state index contributed by atoms with van der Waals surface area (Å²) in [5.74, 6) is 0.676. The van der Waals surface area contributed by atoms with Crippen LogP contribution in [0.1, 0.15) is 37.7 Å². The molecule has 3 heterocycles. The lowest BCUT2D eigenvalue weighted by Crippen LogP contribution is -2.56. The fraction of sp³-hybridized carbons (Fsp3) is 0.571. The van der Waals surface area contributed by atoms with E-state index in [4.69, 9.17) is 0 Å². The van der Waals surface area contributed by atoms with Gasteiger partial charge in [0.1, 0.15) is 5.82 Å². The number of halogens is 1. The maximum Gasteiger partial charge on any atom is 0.191 e. The van der Waals surface area contributed by atoms with E-state index in [1.807, 2.05) is 13.2 Å². The van der Waals surface area contributed by atoms with Crippen molar-refractivity contribution >= 4 is 16.9 Å². The van der Waals surface area contributed by atoms with Crippen molar-refractivity contribution in [3.8, 4) is 0 Å². The van der Waals surface area contributed by atoms with E-state index in [0.29, 0.717) is 18.1 Å². The van der Waals surface area contributed by atoms with Crippen LogP contribution in [0, 0.1) is 5.82 Å². The maximum absolute atomic E-state index is 13.5. The van der Waals surface area contributed by atoms with Gasteiger partial charge in [0.05, 0.1) is 0 Å². The SMILES string of the molecule is CN=C(NCCc1c[nH]c2ccc(F)cc12)NC1CC2CCCC(C1)N2C. The predicted octanol–water partition coefficient (Wildman–Crippen LogP) is 3.03. The van der Waals surface area contributed by atoms with Crippen LogP contribution < -0.4 is 10.6 Å². The highest BCUT2D eigenvalue weighted by atomic mass is 19.1. The highest BCUT2D eigenvalue weighted by molar-refractivity contribution is 5.83. The molecule has 0 aliphatic carbocycles. The Bertz CT molecular complexity index is 800. The summed E-state index contributed by atoms with van der Waals surface area (Å²) in [6.45, 7) is 0.766. The number of rotatable bonds is 4. The van der Waals surface area contributed by atoms with Crippen molar-refractivity contribution in [3.63, 3.8) is 0 Å². The second kappa shape index (κ2) is 7.89. The molecule has 2 aliphatic rings. The average Bonchev–Trinajstić information content (AvgIpc) is 3.04. The average molecular weight is 372 g/mol. The second-order valence-corrected chi connectivity index (χ2v) is 7.97. The summed E-state index contributed by atoms with van der Waals surface area (Å²) >= 11 is 0. The van der Waals surface area contributed by atoms with Gasteiger partial charge in [0.25, 0.3) is 0 Å². The summed E-state index contributed by atoms with van der Waals surface area (Å²) in [7, 11) is 4.11. The molecule has 2 unspecified atom stereocenters. The molecule has 1 aromatic heterocycles. The van der Waals surface area contributed by atoms with Crippen LogP contribution in [0.3, 0.4) is 0 Å². The van der Waals surface area contributed by atoms with Crippen LogP contribution in [0.5, 0.6) is 0 Å². The van der Waals surface area contributed by atoms with E-state index in [2.05, 4.69) is 32.6 Å². The number of piperidine rings is 2. The zero-order valence-electron chi connectivity index (χ0n) is 16.3. The van der Waals surface area contributed by atoms with Crippen LogP contribution in [0.4, 0.5) is 4.39 Å². The summed E-state index contributed by atoms with van der Waals surface area (Å²) in [4.78, 5) is 10.2. The molecule has 1 aromatic carbocycles. The minimum atomic E-state index is -0.193. The van der Waals surface area contributed by atoms with Gasteiger partial charge in [0.2, 0.25) is 0 Å². The molecule has 6 heteroatoms. The van der Waals surface area contributed by atoms with Gasteiger partial charge >= 0.3 is 0 Å². The van der Waals surface area contributed by atoms with Crippen molar-refractivity contribution in [2.24, 2.45) is 4.99 Å². The lowest BCUT2D eigenvalue weighted by molar-refractivity contribution is 0.0526. The molecule has 2 atom stereocenters. The zero-order chi connectivity index (χ0) is 18.8. The quantitative estimate of drug-likeness (QED) is 0.572. The van der Waals surface area contributed by atoms with Crippen LogP contribution in [-0.2, 0) is 6.42 Å². The summed E-state index contributed by atoms with van der Waals surface area (Å²) < 4.78 is 13.5. The van der Waals surface area contributed by atoms with E-state index in [1.165, 1.54) is 38.2 Å². The van der Waals surface area contributed by atoms with Gasteiger partial charge in [0, 0.05) is 48.8 Å². The molecule has 146 valence electrons. The van der Waals surface area contributed by atoms with Crippen molar-refractivity contribution < 1.29 is 4.39 Å². The summed E-state index contributed by atoms with van der Waals surface area (Å²) in [5.41, 5.74) is 2.10. The Morgan fingerprint density at radius 1 is 1.30 bits per heavy atom. The van der Waals surface area contributed by atoms with E-state index in [9.17, 15) is 4.39 Å². The number of H-pyrrole nitrogens is 1. The van der Waals surface area contributed by atoms with Gasteiger partial charge in [-0.2, -0.15) is 0 Å². The van der Waals surface area contributed by atoms with Gasteiger partial charge in [-0.1, -0.05) is 6.42 Å². The molecule has 3 N–H and O–H groups in total. The predicted molar refractivity (Wildman–Crippen MR) is 109 cm³/mol. The molecule has 0 saturated carbocycles. The molecule has 2 bridgehead atoms. The summed E-state index contributed by atoms with van der Waals surface area (Å²) in [6.07, 6.45) is 9.17. The number of nitrogens with one attached hydrogen (secondary N) is 3. The molecule has 2 fully saturated rings. The molecular weight excluding hydrogens is 341 g/mol. The Morgan fingerprint density at radius 2 is 2.07 bits per heavy atom. The number of benzene rings is 1. The van der Waals surface area contributed by atoms with Crippen molar-refractivity contribution in [1.82, 2.24) is 20.5 Å². The van der Waals surface area contributed by atoms with Crippen LogP contribution in [0.15, 0.2) is 29.4 Å². The number of aromatic amines is 1. The third-order valence-electron chi connectivity index (χ3n) is 6.32. The van der Waals surface area contributed by atoms with E-state index in [0.717, 1.165) is 35.4 Å². The number of hydrogen-bond acceptors (Lipinski definition) is 2. The number of hydrogen-bond donors (Lipinski definition) is 3. The first-order chi connectivity index (χ1) is 13.1. The van der Waals surface area contributed by atoms with Crippen LogP contribution in [-0.4, -0.2) is 54.6 Å². The number of aliphatic imine (C=N–C) groups is 1. The van der Waals surface area contributed by atoms with Crippen LogP contribution in [0.2, 0.25) is 0 Å². The normalized spacial score (nSPS) is 26.3. The van der Waals surface area contributed by atoms with Crippen molar-refractivity contribution in [2.45, 2.75) is 56.7 Å². The van der Waals surface area contributed by atoms with E-state index < -0.39 is 0 Å². The van der Waals surface area contributed by atoms with Crippen molar-refractivity contribution in [3.05, 3.63) is 35.8 Å². The number of aromatic nitrogens is 1. The first-order valence-corrected chi connectivity index (χ1v) is 10.1. The number of nitrogens with zero attached hydrogens (tertiary/aromatic N) is 2. The molecule has 27 heavy (non-hydrogen) atoms. The molecule has 2 aliphatic heterocycles. The Kier molecular flexibility index (Phi) is 5.34. The lowest BCUT2D eigenvalue weighted by Gasteiger charge is -2.47. The Labute approximate surface area is 160 Å². The minimum absolute atomic E-state index is 0.193. The van der Waals surface area contributed by atoms with Crippen molar-refractivity contribution in [1.29, 1.82) is 0 Å². The summed E-state index contributed by atoms with van der Waals surface area (Å²) in [5, 5.41) is 8.02. The van der Waals surface area contributed by atoms with Gasteiger partial charge in [-0.15, -0.1) is 0 Å². The number of fused-ring (bicyclic) bond motifs is 3. The fourth-order valence-corrected chi connectivity index (χ4v) is 4.79. The highest BCUT2D eigenvalue weighted by Crippen LogP contribution is 2.32. The van der Waals surface area contributed by atoms with Crippen molar-refractivity contribution in [2.75, 3.05) is 20.6 Å². The first-order valence-electron chi connectivity index (χ1n) is 10.1. The Hall–Kier alpha value is -2.08. The third-order valence-corrected chi connectivity index (χ3v) is 6.32. The van der Waals surface area contributed by atoms with E-state index in [-0.39, 0.29) is 5.82 Å². The molecule has 5 nitrogen and oxygen atoms in total. The summed E-state index contributed by atoms with van der Waals surface area (Å²) in [6, 6.07) is 6.78. The zero-order valence-corrected chi connectivity index (χ0v) is 16.3. The van der Waals surface area contributed by atoms with Crippen LogP contribution >= 0.6 is 0 Å². The third kappa shape index (κ3) is 3.95. The van der Waals surface area contributed by atoms with Gasteiger partial charge in [-0.25, -0.2) is 4.39 Å². The molecule has 0 radical (unpaired) electrons. The minimum Gasteiger partial charge on any atom is -0.361 e. The molecule has 4 rings (SSSR count). The van der Waals surface area contributed by atoms with Gasteiger partial charge in [-0.05, 0) is 62.9 Å². The van der Waals surface area contributed by atoms with Gasteiger partial charge in [0.15, 0.2) is 5.96 Å². The second-order valence-electron chi connectivity index (χ2n) is 7.97. The van der Waals surface area contributed by atoms with E-state index >= 15 is 0 Å². The topological polar surface area (TPSA) is 55.5 Å². The molecule has 0 amide bonds. The Morgan fingerprint density at radius 3 is 2.81 bits per heavy atom. The molecule has 0 spiro atoms. The largest absolute Gasteiger partial charge is 0.361 e. The first kappa shape index (κ1) is 18.3. The van der Waals surface area contributed by atoms with Crippen LogP contribution in [0.25, 0.3) is 10.9 Å². The smallest absolute Gasteiger partial charge is 0.191 e. The lowest BCUT2D eigenvalue weighted by atomic mass is 9.82. The fourth-order valence-electron chi connectivity index (χ4n) is 4.79. The maximum atomic E-state index is 13.5. The Balaban J connectivity index is 1.31. The molecular formula is C21H30FN5. The highest BCUT2D eigenvalue weighted by Gasteiger charge is 2.36. The van der Waals surface area contributed by atoms with E-state index in [1.54, 1.807) is 12.1 Å². The van der Waals surface area contributed by atoms with Gasteiger partial charge < -0.3 is 20.5 Å². The monoisotopic (exact) mass is 371 g/mol. The molecule has 2 saturated heterocycles. The standard InChI is InChI=1S/C21H30FN5/c1-23-21(26-16-11-17-4-3-5-18(12-16)27(17)2)24-9-8-14-13-25-20-7-6-15(22)10-19(14)20/h6-7,10,13,16-18,25H,3-5,8-9,11-12H2,1-2H3,(H2,23,24,26).